The van der Waals surface area contributed by atoms with Crippen LogP contribution >= 0.6 is 11.3 Å². The number of nitrogens with zero attached hydrogens (tertiary/aromatic N) is 2. The summed E-state index contributed by atoms with van der Waals surface area (Å²) in [6.07, 6.45) is 0. The van der Waals surface area contributed by atoms with Gasteiger partial charge in [0, 0.05) is 11.1 Å². The van der Waals surface area contributed by atoms with Crippen LogP contribution < -0.4 is 19.1 Å². The van der Waals surface area contributed by atoms with Crippen LogP contribution in [0.3, 0.4) is 0 Å². The van der Waals surface area contributed by atoms with E-state index in [1.807, 2.05) is 0 Å². The number of aliphatic hydroxyl groups excluding tert-OH is 1. The molecule has 204 valence electrons. The fraction of sp³-hybridized carbons (Fsp3) is 0.286. The first-order valence-electron chi connectivity index (χ1n) is 12.0. The molecule has 0 bridgehead atoms. The zero-order valence-electron chi connectivity index (χ0n) is 22.4. The molecule has 1 fully saturated rings. The van der Waals surface area contributed by atoms with Gasteiger partial charge in [0.25, 0.3) is 5.78 Å². The summed E-state index contributed by atoms with van der Waals surface area (Å²) in [4.78, 5) is 45.4. The Balaban J connectivity index is 1.99. The number of methoxy groups -OCH3 is 3. The maximum absolute atomic E-state index is 13.6. The van der Waals surface area contributed by atoms with Crippen LogP contribution in [0.25, 0.3) is 5.76 Å². The third-order valence-corrected chi connectivity index (χ3v) is 7.43. The number of carbonyl (C=O) groups is 3. The number of benzene rings is 2. The summed E-state index contributed by atoms with van der Waals surface area (Å²) in [6.45, 7) is 5.26. The molecule has 0 radical (unpaired) electrons. The Morgan fingerprint density at radius 1 is 1.03 bits per heavy atom. The lowest BCUT2D eigenvalue weighted by atomic mass is 9.94. The molecule has 0 saturated carbocycles. The smallest absolute Gasteiger partial charge is 0.350 e. The lowest BCUT2D eigenvalue weighted by Gasteiger charge is -2.25. The monoisotopic (exact) mass is 552 g/mol. The van der Waals surface area contributed by atoms with Crippen molar-refractivity contribution in [2.24, 2.45) is 0 Å². The van der Waals surface area contributed by atoms with Crippen LogP contribution in [0, 0.1) is 13.8 Å². The number of hydrogen-bond acceptors (Lipinski definition) is 10. The van der Waals surface area contributed by atoms with Gasteiger partial charge in [-0.3, -0.25) is 14.5 Å². The minimum absolute atomic E-state index is 0.0949. The Morgan fingerprint density at radius 2 is 1.72 bits per heavy atom. The number of aliphatic hydroxyl groups is 1. The van der Waals surface area contributed by atoms with Gasteiger partial charge in [0.05, 0.1) is 39.2 Å². The minimum atomic E-state index is -1.14. The molecule has 3 aromatic rings. The van der Waals surface area contributed by atoms with Gasteiger partial charge >= 0.3 is 11.9 Å². The third-order valence-electron chi connectivity index (χ3n) is 6.30. The SMILES string of the molecule is CCOC(=O)c1sc(N2C(=O)C(=O)/C(=C(/O)c3ccc(OC)c(C)c3)C2c2cc(OC)ccc2OC)nc1C. The van der Waals surface area contributed by atoms with E-state index in [0.29, 0.717) is 34.1 Å². The second-order valence-electron chi connectivity index (χ2n) is 8.59. The van der Waals surface area contributed by atoms with Crippen molar-refractivity contribution in [2.75, 3.05) is 32.8 Å². The van der Waals surface area contributed by atoms with E-state index in [9.17, 15) is 19.5 Å². The number of ketones is 1. The molecule has 2 heterocycles. The Morgan fingerprint density at radius 3 is 2.33 bits per heavy atom. The largest absolute Gasteiger partial charge is 0.507 e. The molecule has 1 aliphatic rings. The Labute approximate surface area is 229 Å². The van der Waals surface area contributed by atoms with Gasteiger partial charge in [0.1, 0.15) is 33.9 Å². The van der Waals surface area contributed by atoms with Crippen molar-refractivity contribution in [3.63, 3.8) is 0 Å². The summed E-state index contributed by atoms with van der Waals surface area (Å²) in [5, 5.41) is 11.6. The molecule has 1 aliphatic heterocycles. The highest BCUT2D eigenvalue weighted by atomic mass is 32.1. The number of anilines is 1. The fourth-order valence-corrected chi connectivity index (χ4v) is 5.42. The lowest BCUT2D eigenvalue weighted by Crippen LogP contribution is -2.29. The highest BCUT2D eigenvalue weighted by Crippen LogP contribution is 2.47. The number of aryl methyl sites for hydroxylation is 2. The molecule has 2 aromatic carbocycles. The molecule has 1 saturated heterocycles. The number of esters is 1. The molecule has 1 unspecified atom stereocenters. The maximum atomic E-state index is 13.6. The molecular weight excluding hydrogens is 524 g/mol. The molecule has 4 rings (SSSR count). The minimum Gasteiger partial charge on any atom is -0.507 e. The van der Waals surface area contributed by atoms with Crippen molar-refractivity contribution >= 4 is 39.9 Å². The van der Waals surface area contributed by atoms with E-state index in [2.05, 4.69) is 4.98 Å². The standard InChI is InChI=1S/C28H28N2O8S/c1-7-38-27(34)25-15(3)29-28(39-25)30-22(18-13-17(35-4)9-11-20(18)37-6)21(24(32)26(30)33)23(31)16-8-10-19(36-5)14(2)12-16/h8-13,22,31H,7H2,1-6H3/b23-21+. The van der Waals surface area contributed by atoms with Gasteiger partial charge in [-0.2, -0.15) is 0 Å². The average Bonchev–Trinajstić information content (AvgIpc) is 3.44. The second-order valence-corrected chi connectivity index (χ2v) is 9.57. The van der Waals surface area contributed by atoms with Gasteiger partial charge in [-0.15, -0.1) is 0 Å². The lowest BCUT2D eigenvalue weighted by molar-refractivity contribution is -0.132. The van der Waals surface area contributed by atoms with Crippen molar-refractivity contribution in [3.05, 3.63) is 69.2 Å². The predicted molar refractivity (Wildman–Crippen MR) is 145 cm³/mol. The first kappa shape index (κ1) is 27.6. The molecular formula is C28H28N2O8S. The van der Waals surface area contributed by atoms with Gasteiger partial charge in [-0.1, -0.05) is 11.3 Å². The number of rotatable bonds is 8. The number of amides is 1. The number of hydrogen-bond donors (Lipinski definition) is 1. The van der Waals surface area contributed by atoms with Gasteiger partial charge in [0.15, 0.2) is 5.13 Å². The van der Waals surface area contributed by atoms with Gasteiger partial charge in [-0.05, 0) is 62.7 Å². The Bertz CT molecular complexity index is 1490. The van der Waals surface area contributed by atoms with Crippen LogP contribution in [-0.4, -0.2) is 55.7 Å². The van der Waals surface area contributed by atoms with Crippen molar-refractivity contribution in [1.29, 1.82) is 0 Å². The van der Waals surface area contributed by atoms with Crippen molar-refractivity contribution in [1.82, 2.24) is 4.98 Å². The summed E-state index contributed by atoms with van der Waals surface area (Å²) >= 11 is 0.924. The first-order chi connectivity index (χ1) is 18.7. The van der Waals surface area contributed by atoms with Crippen LogP contribution in [0.5, 0.6) is 17.2 Å². The van der Waals surface area contributed by atoms with Crippen molar-refractivity contribution in [2.45, 2.75) is 26.8 Å². The molecule has 1 atom stereocenters. The predicted octanol–water partition coefficient (Wildman–Crippen LogP) is 4.59. The number of aromatic nitrogens is 1. The molecule has 0 aliphatic carbocycles. The van der Waals surface area contributed by atoms with Crippen molar-refractivity contribution in [3.8, 4) is 17.2 Å². The quantitative estimate of drug-likeness (QED) is 0.185. The first-order valence-corrected chi connectivity index (χ1v) is 12.8. The van der Waals surface area contributed by atoms with Crippen LogP contribution in [0.4, 0.5) is 5.13 Å². The van der Waals surface area contributed by atoms with E-state index in [4.69, 9.17) is 18.9 Å². The summed E-state index contributed by atoms with van der Waals surface area (Å²) in [7, 11) is 4.47. The van der Waals surface area contributed by atoms with E-state index in [0.717, 1.165) is 16.9 Å². The molecule has 1 N–H and O–H groups in total. The molecule has 10 nitrogen and oxygen atoms in total. The van der Waals surface area contributed by atoms with E-state index in [1.54, 1.807) is 57.2 Å². The number of thiazole rings is 1. The highest BCUT2D eigenvalue weighted by Gasteiger charge is 2.49. The molecule has 0 spiro atoms. The summed E-state index contributed by atoms with van der Waals surface area (Å²) < 4.78 is 21.4. The zero-order chi connectivity index (χ0) is 28.4. The van der Waals surface area contributed by atoms with Crippen LogP contribution in [0.1, 0.15) is 45.0 Å². The van der Waals surface area contributed by atoms with Gasteiger partial charge in [0.2, 0.25) is 0 Å². The Hall–Kier alpha value is -4.38. The van der Waals surface area contributed by atoms with E-state index in [1.165, 1.54) is 26.2 Å². The van der Waals surface area contributed by atoms with Crippen molar-refractivity contribution < 1.29 is 38.4 Å². The van der Waals surface area contributed by atoms with E-state index < -0.39 is 23.7 Å². The van der Waals surface area contributed by atoms with E-state index in [-0.39, 0.29) is 27.9 Å². The second kappa shape index (κ2) is 11.2. The number of Topliss-reactive ketones (excluding diaryl/α,β-unsaturated/α-hetero) is 1. The number of ether oxygens (including phenoxy) is 4. The molecule has 1 amide bonds. The van der Waals surface area contributed by atoms with Gasteiger partial charge < -0.3 is 24.1 Å². The number of carbonyl (C=O) groups excluding carboxylic acids is 3. The van der Waals surface area contributed by atoms with Crippen LogP contribution in [0.2, 0.25) is 0 Å². The average molecular weight is 553 g/mol. The molecule has 1 aromatic heterocycles. The summed E-state index contributed by atoms with van der Waals surface area (Å²) in [5.41, 5.74) is 1.61. The normalized spacial score (nSPS) is 16.4. The van der Waals surface area contributed by atoms with Crippen LogP contribution in [0.15, 0.2) is 42.0 Å². The summed E-state index contributed by atoms with van der Waals surface area (Å²) in [5.74, 6) is -1.40. The van der Waals surface area contributed by atoms with Crippen LogP contribution in [-0.2, 0) is 14.3 Å². The third kappa shape index (κ3) is 4.92. The van der Waals surface area contributed by atoms with Gasteiger partial charge in [-0.25, -0.2) is 9.78 Å². The maximum Gasteiger partial charge on any atom is 0.350 e. The molecule has 11 heteroatoms. The highest BCUT2D eigenvalue weighted by molar-refractivity contribution is 7.17. The topological polar surface area (TPSA) is 124 Å². The van der Waals surface area contributed by atoms with E-state index >= 15 is 0 Å². The zero-order valence-corrected chi connectivity index (χ0v) is 23.2. The summed E-state index contributed by atoms with van der Waals surface area (Å²) in [6, 6.07) is 8.72. The Kier molecular flexibility index (Phi) is 7.91. The fourth-order valence-electron chi connectivity index (χ4n) is 4.43. The molecule has 39 heavy (non-hydrogen) atoms.